The third-order valence-corrected chi connectivity index (χ3v) is 5.41. The summed E-state index contributed by atoms with van der Waals surface area (Å²) >= 11 is 0. The lowest BCUT2D eigenvalue weighted by molar-refractivity contribution is 0.0478. The molecule has 3 aliphatic rings. The number of amides is 2. The van der Waals surface area contributed by atoms with E-state index in [0.29, 0.717) is 54.9 Å². The van der Waals surface area contributed by atoms with Crippen LogP contribution >= 0.6 is 0 Å². The van der Waals surface area contributed by atoms with Crippen LogP contribution in [0, 0.1) is 0 Å². The average Bonchev–Trinajstić information content (AvgIpc) is 3.28. The summed E-state index contributed by atoms with van der Waals surface area (Å²) in [5.41, 5.74) is -0.0109. The number of carbonyl (C=O) groups excluding carboxylic acids is 2. The summed E-state index contributed by atoms with van der Waals surface area (Å²) < 4.78 is 11.3. The molecule has 0 bridgehead atoms. The van der Waals surface area contributed by atoms with Crippen molar-refractivity contribution in [2.45, 2.75) is 43.7 Å². The van der Waals surface area contributed by atoms with Gasteiger partial charge in [-0.2, -0.15) is 4.98 Å². The highest BCUT2D eigenvalue weighted by atomic mass is 16.5. The number of urea groups is 1. The van der Waals surface area contributed by atoms with Crippen LogP contribution in [0.3, 0.4) is 0 Å². The van der Waals surface area contributed by atoms with Gasteiger partial charge in [0.2, 0.25) is 5.89 Å². The van der Waals surface area contributed by atoms with E-state index in [-0.39, 0.29) is 18.4 Å². The Labute approximate surface area is 155 Å². The molecule has 1 saturated heterocycles. The molecule has 1 N–H and O–H groups in total. The molecule has 2 aliphatic heterocycles. The van der Waals surface area contributed by atoms with Gasteiger partial charge >= 0.3 is 6.03 Å². The van der Waals surface area contributed by atoms with Gasteiger partial charge in [0.25, 0.3) is 0 Å². The second-order valence-electron chi connectivity index (χ2n) is 7.53. The molecule has 1 aromatic heterocycles. The number of likely N-dealkylation sites (tertiary alicyclic amines) is 1. The normalized spacial score (nSPS) is 24.0. The van der Waals surface area contributed by atoms with E-state index < -0.39 is 5.60 Å². The van der Waals surface area contributed by atoms with Gasteiger partial charge in [0, 0.05) is 18.9 Å². The van der Waals surface area contributed by atoms with E-state index in [1.165, 1.54) is 0 Å². The number of nitrogens with one attached hydrogen (secondary N) is 1. The molecule has 2 aromatic rings. The monoisotopic (exact) mass is 368 g/mol. The van der Waals surface area contributed by atoms with Crippen LogP contribution in [0.1, 0.15) is 53.7 Å². The Bertz CT molecular complexity index is 907. The van der Waals surface area contributed by atoms with E-state index in [1.807, 2.05) is 18.2 Å². The molecule has 27 heavy (non-hydrogen) atoms. The Hall–Kier alpha value is -2.90. The van der Waals surface area contributed by atoms with E-state index in [4.69, 9.17) is 9.26 Å². The standard InChI is InChI=1S/C19H20N4O4/c24-14-9-19(26-15-4-2-1-3-13(14)15)7-8-23(11-19)18(25)20-10-16-21-17(27-22-16)12-5-6-12/h1-4,12H,5-11H2,(H,20,25). The van der Waals surface area contributed by atoms with Crippen molar-refractivity contribution in [2.24, 2.45) is 0 Å². The van der Waals surface area contributed by atoms with Crippen LogP contribution in [0.15, 0.2) is 28.8 Å². The van der Waals surface area contributed by atoms with Crippen molar-refractivity contribution in [1.82, 2.24) is 20.4 Å². The average molecular weight is 368 g/mol. The number of nitrogens with zero attached hydrogens (tertiary/aromatic N) is 3. The van der Waals surface area contributed by atoms with Crippen molar-refractivity contribution >= 4 is 11.8 Å². The number of fused-ring (bicyclic) bond motifs is 1. The minimum absolute atomic E-state index is 0.0681. The number of carbonyl (C=O) groups is 2. The maximum Gasteiger partial charge on any atom is 0.317 e. The number of Topliss-reactive ketones (excluding diaryl/α,β-unsaturated/α-hetero) is 1. The third kappa shape index (κ3) is 3.05. The van der Waals surface area contributed by atoms with Crippen molar-refractivity contribution in [3.05, 3.63) is 41.5 Å². The summed E-state index contributed by atoms with van der Waals surface area (Å²) in [4.78, 5) is 31.0. The van der Waals surface area contributed by atoms with Crippen molar-refractivity contribution in [3.63, 3.8) is 0 Å². The zero-order valence-corrected chi connectivity index (χ0v) is 14.8. The molecule has 1 unspecified atom stereocenters. The van der Waals surface area contributed by atoms with Crippen LogP contribution < -0.4 is 10.1 Å². The van der Waals surface area contributed by atoms with Crippen LogP contribution in [-0.4, -0.2) is 45.5 Å². The highest BCUT2D eigenvalue weighted by molar-refractivity contribution is 6.00. The number of rotatable bonds is 3. The molecule has 1 spiro atoms. The molecule has 3 heterocycles. The molecule has 1 atom stereocenters. The number of ketones is 1. The van der Waals surface area contributed by atoms with Crippen molar-refractivity contribution in [3.8, 4) is 5.75 Å². The van der Waals surface area contributed by atoms with Crippen LogP contribution in [0.5, 0.6) is 5.75 Å². The molecule has 8 nitrogen and oxygen atoms in total. The highest BCUT2D eigenvalue weighted by Crippen LogP contribution is 2.39. The van der Waals surface area contributed by atoms with Crippen LogP contribution in [0.25, 0.3) is 0 Å². The van der Waals surface area contributed by atoms with Crippen LogP contribution in [-0.2, 0) is 6.54 Å². The summed E-state index contributed by atoms with van der Waals surface area (Å²) in [7, 11) is 0. The predicted octanol–water partition coefficient (Wildman–Crippen LogP) is 2.27. The van der Waals surface area contributed by atoms with E-state index in [0.717, 1.165) is 12.8 Å². The maximum absolute atomic E-state index is 12.5. The van der Waals surface area contributed by atoms with Crippen molar-refractivity contribution < 1.29 is 18.8 Å². The number of ether oxygens (including phenoxy) is 1. The van der Waals surface area contributed by atoms with Gasteiger partial charge in [0.15, 0.2) is 11.6 Å². The summed E-state index contributed by atoms with van der Waals surface area (Å²) in [5.74, 6) is 2.21. The van der Waals surface area contributed by atoms with Gasteiger partial charge in [-0.25, -0.2) is 4.79 Å². The second-order valence-corrected chi connectivity index (χ2v) is 7.53. The van der Waals surface area contributed by atoms with Crippen LogP contribution in [0.2, 0.25) is 0 Å². The zero-order chi connectivity index (χ0) is 18.4. The van der Waals surface area contributed by atoms with Gasteiger partial charge in [-0.15, -0.1) is 0 Å². The fraction of sp³-hybridized carbons (Fsp3) is 0.474. The predicted molar refractivity (Wildman–Crippen MR) is 93.4 cm³/mol. The Morgan fingerprint density at radius 1 is 1.33 bits per heavy atom. The molecular formula is C19H20N4O4. The molecule has 1 aromatic carbocycles. The van der Waals surface area contributed by atoms with E-state index >= 15 is 0 Å². The van der Waals surface area contributed by atoms with Gasteiger partial charge in [0.05, 0.1) is 25.1 Å². The molecule has 2 amide bonds. The molecule has 1 saturated carbocycles. The fourth-order valence-corrected chi connectivity index (χ4v) is 3.79. The minimum atomic E-state index is -0.631. The Morgan fingerprint density at radius 3 is 3.04 bits per heavy atom. The maximum atomic E-state index is 12.5. The summed E-state index contributed by atoms with van der Waals surface area (Å²) in [5, 5.41) is 6.73. The summed E-state index contributed by atoms with van der Waals surface area (Å²) in [6, 6.07) is 7.07. The quantitative estimate of drug-likeness (QED) is 0.892. The Kier molecular flexibility index (Phi) is 3.66. The van der Waals surface area contributed by atoms with E-state index in [9.17, 15) is 9.59 Å². The van der Waals surface area contributed by atoms with Gasteiger partial charge in [-0.05, 0) is 25.0 Å². The third-order valence-electron chi connectivity index (χ3n) is 5.41. The van der Waals surface area contributed by atoms with Crippen molar-refractivity contribution in [1.29, 1.82) is 0 Å². The number of para-hydroxylation sites is 1. The minimum Gasteiger partial charge on any atom is -0.484 e. The second kappa shape index (κ2) is 6.07. The first-order chi connectivity index (χ1) is 13.1. The SMILES string of the molecule is O=C1CC2(CCN(C(=O)NCc3noc(C4CC4)n3)C2)Oc2ccccc21. The number of hydrogen-bond donors (Lipinski definition) is 1. The van der Waals surface area contributed by atoms with Gasteiger partial charge in [-0.1, -0.05) is 17.3 Å². The summed E-state index contributed by atoms with van der Waals surface area (Å²) in [6.07, 6.45) is 3.11. The van der Waals surface area contributed by atoms with Gasteiger partial charge in [0.1, 0.15) is 11.4 Å². The van der Waals surface area contributed by atoms with Crippen molar-refractivity contribution in [2.75, 3.05) is 13.1 Å². The smallest absolute Gasteiger partial charge is 0.317 e. The van der Waals surface area contributed by atoms with E-state index in [1.54, 1.807) is 11.0 Å². The molecule has 1 aliphatic carbocycles. The molecule has 140 valence electrons. The lowest BCUT2D eigenvalue weighted by Crippen LogP contribution is -2.47. The lowest BCUT2D eigenvalue weighted by atomic mass is 9.89. The Balaban J connectivity index is 1.21. The van der Waals surface area contributed by atoms with Gasteiger partial charge < -0.3 is 19.5 Å². The van der Waals surface area contributed by atoms with E-state index in [2.05, 4.69) is 15.5 Å². The largest absolute Gasteiger partial charge is 0.484 e. The fourth-order valence-electron chi connectivity index (χ4n) is 3.79. The molecule has 8 heteroatoms. The zero-order valence-electron chi connectivity index (χ0n) is 14.8. The number of aromatic nitrogens is 2. The topological polar surface area (TPSA) is 97.6 Å². The molecule has 2 fully saturated rings. The Morgan fingerprint density at radius 2 is 2.19 bits per heavy atom. The first kappa shape index (κ1) is 16.3. The van der Waals surface area contributed by atoms with Gasteiger partial charge in [-0.3, -0.25) is 4.79 Å². The first-order valence-corrected chi connectivity index (χ1v) is 9.28. The van der Waals surface area contributed by atoms with Crippen LogP contribution in [0.4, 0.5) is 4.79 Å². The molecular weight excluding hydrogens is 348 g/mol. The first-order valence-electron chi connectivity index (χ1n) is 9.28. The highest BCUT2D eigenvalue weighted by Gasteiger charge is 2.47. The molecule has 5 rings (SSSR count). The number of hydrogen-bond acceptors (Lipinski definition) is 6. The lowest BCUT2D eigenvalue weighted by Gasteiger charge is -2.34. The summed E-state index contributed by atoms with van der Waals surface area (Å²) in [6.45, 7) is 1.15. The number of benzene rings is 1. The molecule has 0 radical (unpaired) electrons.